The highest BCUT2D eigenvalue weighted by molar-refractivity contribution is 5.88. The number of fused-ring (bicyclic) bond motifs is 2. The fraction of sp³-hybridized carbons (Fsp3) is 0.118. The summed E-state index contributed by atoms with van der Waals surface area (Å²) in [6, 6.07) is 10.1. The molecule has 27 heavy (non-hydrogen) atoms. The Hall–Kier alpha value is -3.95. The minimum absolute atomic E-state index is 0.00266. The number of carbonyl (C=O) groups excluding carboxylic acids is 1. The lowest BCUT2D eigenvalue weighted by Gasteiger charge is -2.03. The van der Waals surface area contributed by atoms with Gasteiger partial charge in [0.2, 0.25) is 6.79 Å². The number of nitro benzene ring substituents is 1. The summed E-state index contributed by atoms with van der Waals surface area (Å²) < 4.78 is 12.0. The van der Waals surface area contributed by atoms with Crippen molar-refractivity contribution >= 4 is 28.8 Å². The molecule has 2 heterocycles. The van der Waals surface area contributed by atoms with Crippen LogP contribution >= 0.6 is 0 Å². The van der Waals surface area contributed by atoms with Crippen molar-refractivity contribution in [3.8, 4) is 11.5 Å². The number of nitrogens with zero attached hydrogens (tertiary/aromatic N) is 4. The van der Waals surface area contributed by atoms with Crippen LogP contribution in [0.15, 0.2) is 47.8 Å². The predicted molar refractivity (Wildman–Crippen MR) is 94.7 cm³/mol. The Kier molecular flexibility index (Phi) is 4.13. The standard InChI is InChI=1S/C17H13N5O5/c23-17(8-21-9-18-12-3-1-2-4-13(12)21)20-19-7-11-5-15-16(27-10-26-15)6-14(11)22(24)25/h1-7,9H,8,10H2,(H,20,23)/b19-7+. The van der Waals surface area contributed by atoms with Crippen molar-refractivity contribution < 1.29 is 19.2 Å². The zero-order valence-electron chi connectivity index (χ0n) is 13.9. The predicted octanol–water partition coefficient (Wildman–Crippen LogP) is 1.82. The van der Waals surface area contributed by atoms with Crippen molar-refractivity contribution in [3.63, 3.8) is 0 Å². The Morgan fingerprint density at radius 3 is 2.93 bits per heavy atom. The molecule has 1 aromatic heterocycles. The molecule has 0 saturated heterocycles. The molecule has 0 unspecified atom stereocenters. The van der Waals surface area contributed by atoms with E-state index in [4.69, 9.17) is 9.47 Å². The Morgan fingerprint density at radius 2 is 2.11 bits per heavy atom. The number of aromatic nitrogens is 2. The number of ether oxygens (including phenoxy) is 2. The molecule has 0 fully saturated rings. The lowest BCUT2D eigenvalue weighted by atomic mass is 10.1. The van der Waals surface area contributed by atoms with Crippen LogP contribution in [0.5, 0.6) is 11.5 Å². The van der Waals surface area contributed by atoms with Crippen LogP contribution in [-0.4, -0.2) is 33.4 Å². The fourth-order valence-electron chi connectivity index (χ4n) is 2.71. The van der Waals surface area contributed by atoms with Gasteiger partial charge in [-0.05, 0) is 18.2 Å². The molecular formula is C17H13N5O5. The molecule has 0 saturated carbocycles. The lowest BCUT2D eigenvalue weighted by Crippen LogP contribution is -2.22. The van der Waals surface area contributed by atoms with E-state index in [1.165, 1.54) is 18.3 Å². The quantitative estimate of drug-likeness (QED) is 0.417. The Labute approximate surface area is 152 Å². The van der Waals surface area contributed by atoms with Crippen LogP contribution in [0, 0.1) is 10.1 Å². The highest BCUT2D eigenvalue weighted by Gasteiger charge is 2.22. The number of rotatable bonds is 5. The largest absolute Gasteiger partial charge is 0.454 e. The summed E-state index contributed by atoms with van der Waals surface area (Å²) in [6.07, 6.45) is 2.76. The minimum Gasteiger partial charge on any atom is -0.454 e. The number of amides is 1. The van der Waals surface area contributed by atoms with Gasteiger partial charge < -0.3 is 14.0 Å². The van der Waals surface area contributed by atoms with E-state index in [1.54, 1.807) is 10.9 Å². The highest BCUT2D eigenvalue weighted by Crippen LogP contribution is 2.37. The van der Waals surface area contributed by atoms with E-state index in [9.17, 15) is 14.9 Å². The van der Waals surface area contributed by atoms with E-state index in [1.807, 2.05) is 24.3 Å². The Morgan fingerprint density at radius 1 is 1.33 bits per heavy atom. The molecule has 1 amide bonds. The zero-order valence-corrected chi connectivity index (χ0v) is 13.9. The molecular weight excluding hydrogens is 354 g/mol. The third-order valence-corrected chi connectivity index (χ3v) is 3.95. The first-order chi connectivity index (χ1) is 13.1. The van der Waals surface area contributed by atoms with Crippen molar-refractivity contribution in [1.29, 1.82) is 0 Å². The second-order valence-electron chi connectivity index (χ2n) is 5.68. The maximum absolute atomic E-state index is 12.1. The van der Waals surface area contributed by atoms with Crippen LogP contribution < -0.4 is 14.9 Å². The van der Waals surface area contributed by atoms with Gasteiger partial charge in [0.1, 0.15) is 6.54 Å². The molecule has 0 bridgehead atoms. The van der Waals surface area contributed by atoms with Crippen molar-refractivity contribution in [1.82, 2.24) is 15.0 Å². The molecule has 0 atom stereocenters. The second-order valence-corrected chi connectivity index (χ2v) is 5.68. The van der Waals surface area contributed by atoms with Crippen LogP contribution in [0.3, 0.4) is 0 Å². The number of hydrogen-bond acceptors (Lipinski definition) is 7. The Balaban J connectivity index is 1.47. The first-order valence-corrected chi connectivity index (χ1v) is 7.91. The molecule has 1 aliphatic heterocycles. The topological polar surface area (TPSA) is 121 Å². The van der Waals surface area contributed by atoms with E-state index in [0.29, 0.717) is 11.5 Å². The summed E-state index contributed by atoms with van der Waals surface area (Å²) in [5.74, 6) is 0.297. The molecule has 4 rings (SSSR count). The van der Waals surface area contributed by atoms with Gasteiger partial charge in [0, 0.05) is 0 Å². The van der Waals surface area contributed by atoms with Gasteiger partial charge in [-0.1, -0.05) is 12.1 Å². The summed E-state index contributed by atoms with van der Waals surface area (Å²) in [6.45, 7) is 0.0176. The van der Waals surface area contributed by atoms with Crippen LogP contribution in [0.1, 0.15) is 5.56 Å². The van der Waals surface area contributed by atoms with Gasteiger partial charge in [0.15, 0.2) is 11.5 Å². The molecule has 1 N–H and O–H groups in total. The molecule has 10 heteroatoms. The molecule has 1 aliphatic rings. The first-order valence-electron chi connectivity index (χ1n) is 7.91. The van der Waals surface area contributed by atoms with Gasteiger partial charge in [-0.3, -0.25) is 14.9 Å². The third kappa shape index (κ3) is 3.27. The van der Waals surface area contributed by atoms with Crippen LogP contribution in [0.25, 0.3) is 11.0 Å². The smallest absolute Gasteiger partial charge is 0.282 e. The lowest BCUT2D eigenvalue weighted by molar-refractivity contribution is -0.385. The Bertz CT molecular complexity index is 1070. The van der Waals surface area contributed by atoms with Crippen molar-refractivity contribution in [3.05, 3.63) is 58.4 Å². The van der Waals surface area contributed by atoms with Crippen molar-refractivity contribution in [2.24, 2.45) is 5.10 Å². The van der Waals surface area contributed by atoms with Gasteiger partial charge >= 0.3 is 0 Å². The highest BCUT2D eigenvalue weighted by atomic mass is 16.7. The average molecular weight is 367 g/mol. The number of hydrogen-bond donors (Lipinski definition) is 1. The van der Waals surface area contributed by atoms with E-state index in [-0.39, 0.29) is 24.6 Å². The summed E-state index contributed by atoms with van der Waals surface area (Å²) >= 11 is 0. The van der Waals surface area contributed by atoms with Crippen LogP contribution in [0.4, 0.5) is 5.69 Å². The zero-order chi connectivity index (χ0) is 18.8. The van der Waals surface area contributed by atoms with Gasteiger partial charge in [-0.15, -0.1) is 0 Å². The SMILES string of the molecule is O=C(Cn1cnc2ccccc21)N/N=C/c1cc2c(cc1[N+](=O)[O-])OCO2. The second kappa shape index (κ2) is 6.75. The maximum Gasteiger partial charge on any atom is 0.282 e. The number of hydrazone groups is 1. The molecule has 0 spiro atoms. The number of carbonyl (C=O) groups is 1. The van der Waals surface area contributed by atoms with Crippen LogP contribution in [0.2, 0.25) is 0 Å². The normalized spacial score (nSPS) is 12.6. The maximum atomic E-state index is 12.1. The third-order valence-electron chi connectivity index (χ3n) is 3.95. The van der Waals surface area contributed by atoms with Gasteiger partial charge in [0.25, 0.3) is 11.6 Å². The van der Waals surface area contributed by atoms with E-state index >= 15 is 0 Å². The monoisotopic (exact) mass is 367 g/mol. The molecule has 0 radical (unpaired) electrons. The van der Waals surface area contributed by atoms with E-state index in [2.05, 4.69) is 15.5 Å². The summed E-state index contributed by atoms with van der Waals surface area (Å²) in [5.41, 5.74) is 3.96. The summed E-state index contributed by atoms with van der Waals surface area (Å²) in [7, 11) is 0. The van der Waals surface area contributed by atoms with E-state index in [0.717, 1.165) is 11.0 Å². The number of benzene rings is 2. The molecule has 2 aromatic carbocycles. The van der Waals surface area contributed by atoms with Crippen LogP contribution in [-0.2, 0) is 11.3 Å². The first kappa shape index (κ1) is 16.5. The van der Waals surface area contributed by atoms with Crippen molar-refractivity contribution in [2.75, 3.05) is 6.79 Å². The fourth-order valence-corrected chi connectivity index (χ4v) is 2.71. The van der Waals surface area contributed by atoms with Gasteiger partial charge in [-0.25, -0.2) is 10.4 Å². The van der Waals surface area contributed by atoms with Crippen molar-refractivity contribution in [2.45, 2.75) is 6.54 Å². The summed E-state index contributed by atoms with van der Waals surface area (Å²) in [4.78, 5) is 27.0. The van der Waals surface area contributed by atoms with E-state index < -0.39 is 10.8 Å². The average Bonchev–Trinajstić information content (AvgIpc) is 3.27. The number of imidazole rings is 1. The molecule has 3 aromatic rings. The number of nitro groups is 1. The van der Waals surface area contributed by atoms with Gasteiger partial charge in [0.05, 0.1) is 40.1 Å². The molecule has 10 nitrogen and oxygen atoms in total. The number of para-hydroxylation sites is 2. The minimum atomic E-state index is -0.553. The molecule has 0 aliphatic carbocycles. The number of nitrogens with one attached hydrogen (secondary N) is 1. The summed E-state index contributed by atoms with van der Waals surface area (Å²) in [5, 5.41) is 15.0. The van der Waals surface area contributed by atoms with Gasteiger partial charge in [-0.2, -0.15) is 5.10 Å². The molecule has 136 valence electrons.